The number of hydrogen-bond acceptors (Lipinski definition) is 3. The number of nitrogens with one attached hydrogen (secondary N) is 2. The third-order valence-electron chi connectivity index (χ3n) is 3.04. The van der Waals surface area contributed by atoms with Gasteiger partial charge < -0.3 is 10.6 Å². The third-order valence-corrected chi connectivity index (χ3v) is 3.69. The van der Waals surface area contributed by atoms with Gasteiger partial charge in [-0.3, -0.25) is 4.79 Å². The fourth-order valence-electron chi connectivity index (χ4n) is 1.94. The van der Waals surface area contributed by atoms with Gasteiger partial charge >= 0.3 is 0 Å². The summed E-state index contributed by atoms with van der Waals surface area (Å²) in [5, 5.41) is 14.7. The Hall–Kier alpha value is -2.32. The number of carbonyl (C=O) groups is 1. The van der Waals surface area contributed by atoms with Gasteiger partial charge in [-0.25, -0.2) is 0 Å². The maximum atomic E-state index is 12.4. The van der Waals surface area contributed by atoms with Gasteiger partial charge in [0.2, 0.25) is 0 Å². The van der Waals surface area contributed by atoms with E-state index in [2.05, 4.69) is 32.6 Å². The largest absolute Gasteiger partial charge is 0.387 e. The number of aryl methyl sites for hydroxylation is 1. The van der Waals surface area contributed by atoms with Gasteiger partial charge in [0.25, 0.3) is 5.91 Å². The molecule has 21 heavy (non-hydrogen) atoms. The summed E-state index contributed by atoms with van der Waals surface area (Å²) >= 11 is 3.36. The highest BCUT2D eigenvalue weighted by Crippen LogP contribution is 2.25. The molecule has 0 saturated carbocycles. The summed E-state index contributed by atoms with van der Waals surface area (Å²) in [6, 6.07) is 12.7. The van der Waals surface area contributed by atoms with Crippen molar-refractivity contribution >= 4 is 33.2 Å². The maximum absolute atomic E-state index is 12.4. The minimum absolute atomic E-state index is 0.201. The molecule has 2 N–H and O–H groups in total. The Labute approximate surface area is 131 Å². The van der Waals surface area contributed by atoms with Crippen LogP contribution in [0.1, 0.15) is 21.5 Å². The summed E-state index contributed by atoms with van der Waals surface area (Å²) < 4.78 is 0.675. The molecule has 0 bridgehead atoms. The molecule has 2 aromatic rings. The molecule has 0 atom stereocenters. The Morgan fingerprint density at radius 2 is 1.90 bits per heavy atom. The van der Waals surface area contributed by atoms with Gasteiger partial charge in [0.1, 0.15) is 0 Å². The fraction of sp³-hybridized carbons (Fsp3) is 0.125. The number of rotatable bonds is 3. The molecule has 0 fully saturated rings. The molecular formula is C16H14BrN3O. The predicted molar refractivity (Wildman–Crippen MR) is 87.5 cm³/mol. The molecule has 0 aliphatic heterocycles. The summed E-state index contributed by atoms with van der Waals surface area (Å²) in [6.45, 7) is 1.94. The van der Waals surface area contributed by atoms with Gasteiger partial charge in [0.15, 0.2) is 0 Å². The van der Waals surface area contributed by atoms with E-state index in [1.165, 1.54) is 0 Å². The van der Waals surface area contributed by atoms with Crippen molar-refractivity contribution in [2.24, 2.45) is 0 Å². The molecular weight excluding hydrogens is 330 g/mol. The number of anilines is 2. The monoisotopic (exact) mass is 343 g/mol. The first-order chi connectivity index (χ1) is 10.0. The van der Waals surface area contributed by atoms with E-state index < -0.39 is 0 Å². The first-order valence-electron chi connectivity index (χ1n) is 6.34. The number of nitriles is 1. The lowest BCUT2D eigenvalue weighted by molar-refractivity contribution is 0.102. The molecule has 0 heterocycles. The summed E-state index contributed by atoms with van der Waals surface area (Å²) in [4.78, 5) is 12.4. The van der Waals surface area contributed by atoms with E-state index in [4.69, 9.17) is 5.26 Å². The number of hydrogen-bond donors (Lipinski definition) is 2. The average Bonchev–Trinajstić information content (AvgIpc) is 2.49. The standard InChI is InChI=1S/C16H14BrN3O/c1-10-3-5-14(19-2)12(7-10)16(21)20-15-6-4-11(9-18)8-13(15)17/h3-8,19H,1-2H3,(H,20,21). The summed E-state index contributed by atoms with van der Waals surface area (Å²) in [5.41, 5.74) is 3.52. The minimum Gasteiger partial charge on any atom is -0.387 e. The van der Waals surface area contributed by atoms with Crippen molar-refractivity contribution in [3.05, 3.63) is 57.6 Å². The fourth-order valence-corrected chi connectivity index (χ4v) is 2.42. The number of carbonyl (C=O) groups excluding carboxylic acids is 1. The molecule has 0 radical (unpaired) electrons. The second kappa shape index (κ2) is 6.42. The zero-order chi connectivity index (χ0) is 15.4. The highest BCUT2D eigenvalue weighted by Gasteiger charge is 2.13. The van der Waals surface area contributed by atoms with Crippen LogP contribution in [0.2, 0.25) is 0 Å². The van der Waals surface area contributed by atoms with Crippen LogP contribution in [0, 0.1) is 18.3 Å². The quantitative estimate of drug-likeness (QED) is 0.887. The Bertz CT molecular complexity index is 735. The molecule has 0 spiro atoms. The summed E-state index contributed by atoms with van der Waals surface area (Å²) in [6.07, 6.45) is 0. The molecule has 1 amide bonds. The smallest absolute Gasteiger partial charge is 0.257 e. The molecule has 0 unspecified atom stereocenters. The van der Waals surface area contributed by atoms with Crippen molar-refractivity contribution in [1.82, 2.24) is 0 Å². The molecule has 2 rings (SSSR count). The van der Waals surface area contributed by atoms with Crippen LogP contribution < -0.4 is 10.6 Å². The third kappa shape index (κ3) is 3.41. The molecule has 0 aliphatic rings. The number of benzene rings is 2. The van der Waals surface area contributed by atoms with E-state index in [0.29, 0.717) is 21.3 Å². The number of nitrogens with zero attached hydrogens (tertiary/aromatic N) is 1. The number of halogens is 1. The lowest BCUT2D eigenvalue weighted by Crippen LogP contribution is -2.14. The lowest BCUT2D eigenvalue weighted by Gasteiger charge is -2.12. The van der Waals surface area contributed by atoms with Crippen molar-refractivity contribution in [3.63, 3.8) is 0 Å². The molecule has 5 heteroatoms. The lowest BCUT2D eigenvalue weighted by atomic mass is 10.1. The van der Waals surface area contributed by atoms with Gasteiger partial charge in [0.05, 0.1) is 22.9 Å². The van der Waals surface area contributed by atoms with E-state index in [0.717, 1.165) is 11.3 Å². The van der Waals surface area contributed by atoms with Crippen LogP contribution in [0.15, 0.2) is 40.9 Å². The normalized spacial score (nSPS) is 9.81. The van der Waals surface area contributed by atoms with Crippen LogP contribution in [0.5, 0.6) is 0 Å². The minimum atomic E-state index is -0.201. The zero-order valence-electron chi connectivity index (χ0n) is 11.7. The molecule has 4 nitrogen and oxygen atoms in total. The highest BCUT2D eigenvalue weighted by molar-refractivity contribution is 9.10. The van der Waals surface area contributed by atoms with Crippen LogP contribution in [0.4, 0.5) is 11.4 Å². The summed E-state index contributed by atoms with van der Waals surface area (Å²) in [7, 11) is 1.78. The van der Waals surface area contributed by atoms with Gasteiger partial charge in [-0.1, -0.05) is 11.6 Å². The zero-order valence-corrected chi connectivity index (χ0v) is 13.3. The van der Waals surface area contributed by atoms with Crippen molar-refractivity contribution in [1.29, 1.82) is 5.26 Å². The molecule has 0 aliphatic carbocycles. The SMILES string of the molecule is CNc1ccc(C)cc1C(=O)Nc1ccc(C#N)cc1Br. The van der Waals surface area contributed by atoms with E-state index in [9.17, 15) is 4.79 Å². The van der Waals surface area contributed by atoms with E-state index >= 15 is 0 Å². The van der Waals surface area contributed by atoms with Crippen LogP contribution in [0.25, 0.3) is 0 Å². The van der Waals surface area contributed by atoms with Crippen LogP contribution in [0.3, 0.4) is 0 Å². The van der Waals surface area contributed by atoms with Crippen molar-refractivity contribution in [3.8, 4) is 6.07 Å². The molecule has 106 valence electrons. The van der Waals surface area contributed by atoms with Crippen molar-refractivity contribution in [2.75, 3.05) is 17.7 Å². The Kier molecular flexibility index (Phi) is 4.61. The molecule has 0 aromatic heterocycles. The van der Waals surface area contributed by atoms with Crippen molar-refractivity contribution < 1.29 is 4.79 Å². The predicted octanol–water partition coefficient (Wildman–Crippen LogP) is 3.92. The Morgan fingerprint density at radius 3 is 2.52 bits per heavy atom. The van der Waals surface area contributed by atoms with Crippen molar-refractivity contribution in [2.45, 2.75) is 6.92 Å². The van der Waals surface area contributed by atoms with E-state index in [1.54, 1.807) is 25.2 Å². The van der Waals surface area contributed by atoms with Crippen LogP contribution in [-0.4, -0.2) is 13.0 Å². The summed E-state index contributed by atoms with van der Waals surface area (Å²) in [5.74, 6) is -0.201. The Morgan fingerprint density at radius 1 is 1.19 bits per heavy atom. The maximum Gasteiger partial charge on any atom is 0.257 e. The van der Waals surface area contributed by atoms with E-state index in [1.807, 2.05) is 25.1 Å². The van der Waals surface area contributed by atoms with Gasteiger partial charge in [-0.05, 0) is 53.2 Å². The first kappa shape index (κ1) is 15.1. The first-order valence-corrected chi connectivity index (χ1v) is 7.14. The second-order valence-corrected chi connectivity index (χ2v) is 5.41. The molecule has 0 saturated heterocycles. The van der Waals surface area contributed by atoms with Gasteiger partial charge in [-0.2, -0.15) is 5.26 Å². The van der Waals surface area contributed by atoms with Gasteiger partial charge in [0, 0.05) is 17.2 Å². The van der Waals surface area contributed by atoms with Crippen LogP contribution in [-0.2, 0) is 0 Å². The molecule has 2 aromatic carbocycles. The van der Waals surface area contributed by atoms with Crippen LogP contribution >= 0.6 is 15.9 Å². The number of amides is 1. The highest BCUT2D eigenvalue weighted by atomic mass is 79.9. The van der Waals surface area contributed by atoms with E-state index in [-0.39, 0.29) is 5.91 Å². The second-order valence-electron chi connectivity index (χ2n) is 4.56. The Balaban J connectivity index is 2.30. The average molecular weight is 344 g/mol. The van der Waals surface area contributed by atoms with Gasteiger partial charge in [-0.15, -0.1) is 0 Å². The topological polar surface area (TPSA) is 64.9 Å².